The number of aromatic nitrogens is 2. The smallest absolute Gasteiger partial charge is 0.103 e. The maximum atomic E-state index is 4.50. The molecule has 3 aromatic carbocycles. The summed E-state index contributed by atoms with van der Waals surface area (Å²) < 4.78 is 0. The van der Waals surface area contributed by atoms with Gasteiger partial charge in [0.2, 0.25) is 0 Å². The Morgan fingerprint density at radius 2 is 1.23 bits per heavy atom. The number of aryl methyl sites for hydroxylation is 2. The third-order valence-electron chi connectivity index (χ3n) is 5.75. The van der Waals surface area contributed by atoms with E-state index in [1.165, 1.54) is 11.1 Å². The summed E-state index contributed by atoms with van der Waals surface area (Å²) in [5.41, 5.74) is 7.50. The molecule has 1 aliphatic rings. The Morgan fingerprint density at radius 3 is 1.65 bits per heavy atom. The number of nitrogens with zero attached hydrogens (tertiary/aromatic N) is 4. The van der Waals surface area contributed by atoms with Crippen molar-refractivity contribution in [1.29, 1.82) is 0 Å². The maximum absolute atomic E-state index is 4.50. The summed E-state index contributed by atoms with van der Waals surface area (Å²) in [5, 5.41) is 0. The number of rotatable bonds is 4. The summed E-state index contributed by atoms with van der Waals surface area (Å²) in [4.78, 5) is 17.2. The van der Waals surface area contributed by atoms with E-state index in [9.17, 15) is 0 Å². The standard InChI is InChI=1S/C13H14N2.2C11H8N.Ir/c1-10-5-3-6-11(2)13(10)15-9-12-7-4-8-14-12;2*1-2-6-10(7-3-1)11-8-4-5-9-12-11;/h3-9,12H,1-2H3;2*1-6,8-9H;/q;2*-1;. The van der Waals surface area contributed by atoms with E-state index in [2.05, 4.69) is 64.1 Å². The molecule has 0 spiro atoms. The molecule has 1 unspecified atom stereocenters. The summed E-state index contributed by atoms with van der Waals surface area (Å²) in [6.45, 7) is 4.15. The number of benzene rings is 3. The van der Waals surface area contributed by atoms with Crippen LogP contribution < -0.4 is 0 Å². The molecule has 1 radical (unpaired) electrons. The second-order valence-electron chi connectivity index (χ2n) is 8.67. The van der Waals surface area contributed by atoms with Gasteiger partial charge in [-0.05, 0) is 54.6 Å². The average molecular weight is 699 g/mol. The molecule has 201 valence electrons. The van der Waals surface area contributed by atoms with Crippen LogP contribution >= 0.6 is 0 Å². The molecule has 1 aliphatic heterocycles. The van der Waals surface area contributed by atoms with Crippen molar-refractivity contribution in [2.75, 3.05) is 0 Å². The number of hydrogen-bond donors (Lipinski definition) is 0. The van der Waals surface area contributed by atoms with Crippen molar-refractivity contribution >= 4 is 18.1 Å². The molecule has 0 aliphatic carbocycles. The minimum atomic E-state index is 0. The Hall–Kier alpha value is -4.31. The van der Waals surface area contributed by atoms with E-state index in [-0.39, 0.29) is 26.1 Å². The van der Waals surface area contributed by atoms with Crippen LogP contribution in [0.1, 0.15) is 11.1 Å². The van der Waals surface area contributed by atoms with Crippen molar-refractivity contribution in [2.24, 2.45) is 9.98 Å². The van der Waals surface area contributed by atoms with E-state index >= 15 is 0 Å². The van der Waals surface area contributed by atoms with Gasteiger partial charge in [0.05, 0.1) is 5.69 Å². The van der Waals surface area contributed by atoms with Crippen molar-refractivity contribution in [1.82, 2.24) is 9.97 Å². The molecule has 1 atom stereocenters. The Labute approximate surface area is 250 Å². The predicted octanol–water partition coefficient (Wildman–Crippen LogP) is 8.11. The largest absolute Gasteiger partial charge is 0.305 e. The Bertz CT molecular complexity index is 1320. The third kappa shape index (κ3) is 9.46. The van der Waals surface area contributed by atoms with Crippen LogP contribution in [0.15, 0.2) is 138 Å². The van der Waals surface area contributed by atoms with Gasteiger partial charge in [0.1, 0.15) is 6.04 Å². The first-order valence-corrected chi connectivity index (χ1v) is 12.8. The van der Waals surface area contributed by atoms with E-state index in [0.29, 0.717) is 0 Å². The first-order valence-electron chi connectivity index (χ1n) is 12.8. The van der Waals surface area contributed by atoms with E-state index in [4.69, 9.17) is 0 Å². The molecular weight excluding hydrogens is 669 g/mol. The minimum Gasteiger partial charge on any atom is -0.305 e. The molecule has 5 heteroatoms. The molecule has 0 saturated carbocycles. The molecule has 0 N–H and O–H groups in total. The molecule has 4 nitrogen and oxygen atoms in total. The van der Waals surface area contributed by atoms with Crippen molar-refractivity contribution in [2.45, 2.75) is 19.9 Å². The molecule has 5 aromatic rings. The monoisotopic (exact) mass is 699 g/mol. The fourth-order valence-corrected chi connectivity index (χ4v) is 3.76. The summed E-state index contributed by atoms with van der Waals surface area (Å²) in [6, 6.07) is 40.0. The van der Waals surface area contributed by atoms with Crippen molar-refractivity contribution in [3.8, 4) is 22.5 Å². The molecular formula is C35H30IrN4-2. The van der Waals surface area contributed by atoms with Gasteiger partial charge < -0.3 is 9.97 Å². The van der Waals surface area contributed by atoms with E-state index < -0.39 is 0 Å². The van der Waals surface area contributed by atoms with Gasteiger partial charge in [0.25, 0.3) is 0 Å². The predicted molar refractivity (Wildman–Crippen MR) is 163 cm³/mol. The first kappa shape index (κ1) is 30.2. The Balaban J connectivity index is 0.000000165. The van der Waals surface area contributed by atoms with Gasteiger partial charge in [-0.1, -0.05) is 48.5 Å². The van der Waals surface area contributed by atoms with Crippen LogP contribution in [0.2, 0.25) is 0 Å². The zero-order valence-corrected chi connectivity index (χ0v) is 24.9. The van der Waals surface area contributed by atoms with Crippen LogP contribution in [-0.4, -0.2) is 28.4 Å². The number of pyridine rings is 2. The van der Waals surface area contributed by atoms with Crippen LogP contribution in [0, 0.1) is 26.0 Å². The Kier molecular flexibility index (Phi) is 12.6. The first-order chi connectivity index (χ1) is 19.2. The van der Waals surface area contributed by atoms with Gasteiger partial charge in [-0.3, -0.25) is 9.98 Å². The van der Waals surface area contributed by atoms with Crippen LogP contribution in [0.3, 0.4) is 0 Å². The van der Waals surface area contributed by atoms with Crippen molar-refractivity contribution in [3.05, 3.63) is 151 Å². The fourth-order valence-electron chi connectivity index (χ4n) is 3.76. The number of allylic oxidation sites excluding steroid dienone is 1. The zero-order valence-electron chi connectivity index (χ0n) is 22.5. The van der Waals surface area contributed by atoms with Crippen molar-refractivity contribution < 1.29 is 20.1 Å². The van der Waals surface area contributed by atoms with Crippen LogP contribution in [-0.2, 0) is 20.1 Å². The summed E-state index contributed by atoms with van der Waals surface area (Å²) in [5.74, 6) is 0. The van der Waals surface area contributed by atoms with Gasteiger partial charge >= 0.3 is 0 Å². The molecule has 6 rings (SSSR count). The molecule has 3 heterocycles. The normalized spacial score (nSPS) is 13.0. The van der Waals surface area contributed by atoms with Gasteiger partial charge in [0.15, 0.2) is 0 Å². The zero-order chi connectivity index (χ0) is 27.1. The second kappa shape index (κ2) is 16.6. The third-order valence-corrected chi connectivity index (χ3v) is 5.75. The Morgan fingerprint density at radius 1 is 0.675 bits per heavy atom. The maximum Gasteiger partial charge on any atom is 0.103 e. The summed E-state index contributed by atoms with van der Waals surface area (Å²) in [6.07, 6.45) is 11.2. The second-order valence-corrected chi connectivity index (χ2v) is 8.67. The molecule has 0 fully saturated rings. The van der Waals surface area contributed by atoms with E-state index in [1.807, 2.05) is 103 Å². The van der Waals surface area contributed by atoms with Crippen LogP contribution in [0.5, 0.6) is 0 Å². The number of para-hydroxylation sites is 1. The SMILES string of the molecule is Cc1cccc(C)c1N=CC1C=CC=N1.[Ir].[c-]1ccccc1-c1ccccn1.[c-]1ccccc1-c1ccccn1. The quantitative estimate of drug-likeness (QED) is 0.141. The van der Waals surface area contributed by atoms with E-state index in [0.717, 1.165) is 28.2 Å². The van der Waals surface area contributed by atoms with Crippen LogP contribution in [0.25, 0.3) is 22.5 Å². The fraction of sp³-hybridized carbons (Fsp3) is 0.0857. The molecule has 40 heavy (non-hydrogen) atoms. The van der Waals surface area contributed by atoms with Gasteiger partial charge in [0, 0.05) is 44.9 Å². The van der Waals surface area contributed by atoms with Crippen LogP contribution in [0.4, 0.5) is 5.69 Å². The van der Waals surface area contributed by atoms with Gasteiger partial charge in [-0.15, -0.1) is 71.8 Å². The number of aliphatic imine (C=N–C) groups is 2. The summed E-state index contributed by atoms with van der Waals surface area (Å²) in [7, 11) is 0. The van der Waals surface area contributed by atoms with Crippen molar-refractivity contribution in [3.63, 3.8) is 0 Å². The number of hydrogen-bond acceptors (Lipinski definition) is 4. The van der Waals surface area contributed by atoms with Gasteiger partial charge in [-0.25, -0.2) is 0 Å². The van der Waals surface area contributed by atoms with E-state index in [1.54, 1.807) is 18.6 Å². The topological polar surface area (TPSA) is 50.5 Å². The summed E-state index contributed by atoms with van der Waals surface area (Å²) >= 11 is 0. The molecule has 0 bridgehead atoms. The average Bonchev–Trinajstić information content (AvgIpc) is 3.53. The molecule has 0 amide bonds. The minimum absolute atomic E-state index is 0. The molecule has 2 aromatic heterocycles. The molecule has 0 saturated heterocycles. The van der Waals surface area contributed by atoms with Gasteiger partial charge in [-0.2, -0.15) is 0 Å².